The van der Waals surface area contributed by atoms with Crippen LogP contribution in [0.2, 0.25) is 0 Å². The Bertz CT molecular complexity index is 455. The second-order valence-electron chi connectivity index (χ2n) is 4.99. The van der Waals surface area contributed by atoms with Crippen LogP contribution in [0, 0.1) is 5.92 Å². The van der Waals surface area contributed by atoms with Gasteiger partial charge in [0.1, 0.15) is 5.75 Å². The molecule has 96 valence electrons. The largest absolute Gasteiger partial charge is 0.478 e. The van der Waals surface area contributed by atoms with E-state index in [4.69, 9.17) is 4.74 Å². The molecule has 0 aliphatic carbocycles. The van der Waals surface area contributed by atoms with E-state index in [1.165, 1.54) is 0 Å². The molecule has 0 saturated carbocycles. The summed E-state index contributed by atoms with van der Waals surface area (Å²) in [4.78, 5) is 14.1. The second kappa shape index (κ2) is 4.61. The summed E-state index contributed by atoms with van der Waals surface area (Å²) in [6.45, 7) is 1.95. The molecule has 0 bridgehead atoms. The van der Waals surface area contributed by atoms with Crippen LogP contribution >= 0.6 is 0 Å². The first kappa shape index (κ1) is 11.5. The van der Waals surface area contributed by atoms with Crippen LogP contribution in [0.1, 0.15) is 12.8 Å². The molecular formula is C14H18N2O2. The van der Waals surface area contributed by atoms with E-state index >= 15 is 0 Å². The first-order valence-electron chi connectivity index (χ1n) is 6.51. The minimum Gasteiger partial charge on any atom is -0.478 e. The van der Waals surface area contributed by atoms with Crippen molar-refractivity contribution in [3.63, 3.8) is 0 Å². The van der Waals surface area contributed by atoms with E-state index in [0.29, 0.717) is 5.92 Å². The molecule has 0 spiro atoms. The monoisotopic (exact) mass is 246 g/mol. The van der Waals surface area contributed by atoms with Crippen molar-refractivity contribution in [3.8, 4) is 5.75 Å². The van der Waals surface area contributed by atoms with Gasteiger partial charge in [-0.1, -0.05) is 12.1 Å². The zero-order valence-electron chi connectivity index (χ0n) is 10.6. The van der Waals surface area contributed by atoms with Crippen LogP contribution < -0.4 is 15.0 Å². The van der Waals surface area contributed by atoms with Gasteiger partial charge >= 0.3 is 0 Å². The summed E-state index contributed by atoms with van der Waals surface area (Å²) in [6, 6.07) is 7.73. The van der Waals surface area contributed by atoms with Gasteiger partial charge in [-0.05, 0) is 38.1 Å². The maximum atomic E-state index is 12.4. The summed E-state index contributed by atoms with van der Waals surface area (Å²) in [6.07, 6.45) is 1.70. The molecule has 1 unspecified atom stereocenters. The molecule has 4 nitrogen and oxygen atoms in total. The molecule has 3 rings (SSSR count). The minimum atomic E-state index is -0.313. The maximum Gasteiger partial charge on any atom is 0.268 e. The van der Waals surface area contributed by atoms with E-state index in [1.807, 2.05) is 31.3 Å². The number of hydrogen-bond acceptors (Lipinski definition) is 3. The molecule has 4 heteroatoms. The number of rotatable bonds is 1. The van der Waals surface area contributed by atoms with E-state index in [9.17, 15) is 4.79 Å². The van der Waals surface area contributed by atoms with Crippen LogP contribution in [0.4, 0.5) is 5.69 Å². The number of piperidine rings is 1. The lowest BCUT2D eigenvalue weighted by Crippen LogP contribution is -2.50. The van der Waals surface area contributed by atoms with Crippen molar-refractivity contribution < 1.29 is 9.53 Å². The molecule has 0 aromatic heterocycles. The van der Waals surface area contributed by atoms with Gasteiger partial charge in [0.25, 0.3) is 5.91 Å². The lowest BCUT2D eigenvalue weighted by atomic mass is 9.90. The third kappa shape index (κ3) is 1.86. The van der Waals surface area contributed by atoms with Crippen LogP contribution in [-0.4, -0.2) is 32.1 Å². The normalized spacial score (nSPS) is 24.6. The fourth-order valence-corrected chi connectivity index (χ4v) is 2.78. The highest BCUT2D eigenvalue weighted by atomic mass is 16.5. The first-order chi connectivity index (χ1) is 8.77. The molecule has 1 aromatic carbocycles. The van der Waals surface area contributed by atoms with E-state index < -0.39 is 0 Å². The van der Waals surface area contributed by atoms with Gasteiger partial charge in [0, 0.05) is 13.0 Å². The fraction of sp³-hybridized carbons (Fsp3) is 0.500. The standard InChI is InChI=1S/C14H18N2O2/c1-16-11-4-2-3-5-12(11)18-13(14(16)17)10-6-8-15-9-7-10/h2-5,10,13,15H,6-9H2,1H3. The van der Waals surface area contributed by atoms with Gasteiger partial charge in [-0.25, -0.2) is 0 Å². The van der Waals surface area contributed by atoms with Crippen molar-refractivity contribution in [2.45, 2.75) is 18.9 Å². The maximum absolute atomic E-state index is 12.4. The summed E-state index contributed by atoms with van der Waals surface area (Å²) >= 11 is 0. The average Bonchev–Trinajstić information content (AvgIpc) is 2.44. The number of para-hydroxylation sites is 2. The third-order valence-corrected chi connectivity index (χ3v) is 3.87. The number of carbonyl (C=O) groups excluding carboxylic acids is 1. The molecule has 1 saturated heterocycles. The smallest absolute Gasteiger partial charge is 0.268 e. The van der Waals surface area contributed by atoms with E-state index in [0.717, 1.165) is 37.4 Å². The van der Waals surface area contributed by atoms with Gasteiger partial charge in [0.15, 0.2) is 6.10 Å². The van der Waals surface area contributed by atoms with Crippen LogP contribution in [-0.2, 0) is 4.79 Å². The van der Waals surface area contributed by atoms with Crippen molar-refractivity contribution >= 4 is 11.6 Å². The SMILES string of the molecule is CN1C(=O)C(C2CCNCC2)Oc2ccccc21. The number of benzene rings is 1. The predicted octanol–water partition coefficient (Wildman–Crippen LogP) is 1.41. The highest BCUT2D eigenvalue weighted by Crippen LogP contribution is 2.35. The Morgan fingerprint density at radius 1 is 1.28 bits per heavy atom. The topological polar surface area (TPSA) is 41.6 Å². The molecule has 0 radical (unpaired) electrons. The zero-order chi connectivity index (χ0) is 12.5. The quantitative estimate of drug-likeness (QED) is 0.814. The van der Waals surface area contributed by atoms with E-state index in [2.05, 4.69) is 5.32 Å². The van der Waals surface area contributed by atoms with Gasteiger partial charge in [0.05, 0.1) is 5.69 Å². The van der Waals surface area contributed by atoms with Crippen molar-refractivity contribution in [1.82, 2.24) is 5.32 Å². The first-order valence-corrected chi connectivity index (χ1v) is 6.51. The summed E-state index contributed by atoms with van der Waals surface area (Å²) < 4.78 is 5.94. The Morgan fingerprint density at radius 3 is 2.78 bits per heavy atom. The van der Waals surface area contributed by atoms with Crippen LogP contribution in [0.3, 0.4) is 0 Å². The van der Waals surface area contributed by atoms with Crippen molar-refractivity contribution in [1.29, 1.82) is 0 Å². The van der Waals surface area contributed by atoms with Crippen molar-refractivity contribution in [2.75, 3.05) is 25.0 Å². The van der Waals surface area contributed by atoms with Gasteiger partial charge < -0.3 is 15.0 Å². The van der Waals surface area contributed by atoms with Gasteiger partial charge in [-0.2, -0.15) is 0 Å². The Hall–Kier alpha value is -1.55. The number of nitrogens with zero attached hydrogens (tertiary/aromatic N) is 1. The molecule has 1 atom stereocenters. The Morgan fingerprint density at radius 2 is 2.00 bits per heavy atom. The van der Waals surface area contributed by atoms with Crippen molar-refractivity contribution in [2.24, 2.45) is 5.92 Å². The van der Waals surface area contributed by atoms with Gasteiger partial charge in [0.2, 0.25) is 0 Å². The molecule has 2 aliphatic rings. The number of fused-ring (bicyclic) bond motifs is 1. The highest BCUT2D eigenvalue weighted by molar-refractivity contribution is 5.99. The Kier molecular flexibility index (Phi) is 2.96. The number of ether oxygens (including phenoxy) is 1. The summed E-state index contributed by atoms with van der Waals surface area (Å²) in [5.74, 6) is 1.23. The highest BCUT2D eigenvalue weighted by Gasteiger charge is 2.38. The van der Waals surface area contributed by atoms with Gasteiger partial charge in [-0.3, -0.25) is 4.79 Å². The lowest BCUT2D eigenvalue weighted by molar-refractivity contribution is -0.128. The number of anilines is 1. The number of amides is 1. The van der Waals surface area contributed by atoms with Gasteiger partial charge in [-0.15, -0.1) is 0 Å². The summed E-state index contributed by atoms with van der Waals surface area (Å²) in [5, 5.41) is 3.32. The van der Waals surface area contributed by atoms with Crippen LogP contribution in [0.25, 0.3) is 0 Å². The molecule has 1 amide bonds. The Balaban J connectivity index is 1.88. The fourth-order valence-electron chi connectivity index (χ4n) is 2.78. The molecule has 1 aromatic rings. The van der Waals surface area contributed by atoms with E-state index in [1.54, 1.807) is 4.90 Å². The molecule has 2 heterocycles. The van der Waals surface area contributed by atoms with Crippen molar-refractivity contribution in [3.05, 3.63) is 24.3 Å². The molecule has 18 heavy (non-hydrogen) atoms. The Labute approximate surface area is 107 Å². The average molecular weight is 246 g/mol. The number of likely N-dealkylation sites (N-methyl/N-ethyl adjacent to an activating group) is 1. The van der Waals surface area contributed by atoms with Crippen LogP contribution in [0.5, 0.6) is 5.75 Å². The molecule has 1 N–H and O–H groups in total. The number of nitrogens with one attached hydrogen (secondary N) is 1. The van der Waals surface area contributed by atoms with E-state index in [-0.39, 0.29) is 12.0 Å². The third-order valence-electron chi connectivity index (χ3n) is 3.87. The number of hydrogen-bond donors (Lipinski definition) is 1. The van der Waals surface area contributed by atoms with Crippen LogP contribution in [0.15, 0.2) is 24.3 Å². The molecular weight excluding hydrogens is 228 g/mol. The minimum absolute atomic E-state index is 0.0839. The predicted molar refractivity (Wildman–Crippen MR) is 69.9 cm³/mol. The molecule has 1 fully saturated rings. The summed E-state index contributed by atoms with van der Waals surface area (Å²) in [5.41, 5.74) is 0.868. The summed E-state index contributed by atoms with van der Waals surface area (Å²) in [7, 11) is 1.83. The molecule has 2 aliphatic heterocycles. The second-order valence-corrected chi connectivity index (χ2v) is 4.99. The number of carbonyl (C=O) groups is 1. The zero-order valence-corrected chi connectivity index (χ0v) is 10.6. The lowest BCUT2D eigenvalue weighted by Gasteiger charge is -2.37.